The fraction of sp³-hybridized carbons (Fsp3) is 0.400. The van der Waals surface area contributed by atoms with Gasteiger partial charge in [0.25, 0.3) is 5.91 Å². The molecule has 1 aliphatic heterocycles. The van der Waals surface area contributed by atoms with Gasteiger partial charge in [-0.05, 0) is 54.3 Å². The Morgan fingerprint density at radius 2 is 1.78 bits per heavy atom. The Balaban J connectivity index is 1.49. The van der Waals surface area contributed by atoms with Crippen LogP contribution in [0.1, 0.15) is 32.8 Å². The van der Waals surface area contributed by atoms with Crippen molar-refractivity contribution in [3.05, 3.63) is 54.1 Å². The summed E-state index contributed by atoms with van der Waals surface area (Å²) in [6.07, 6.45) is 1.16. The number of aryl methyl sites for hydroxylation is 1. The molecule has 0 aliphatic carbocycles. The van der Waals surface area contributed by atoms with Gasteiger partial charge in [0.2, 0.25) is 11.8 Å². The van der Waals surface area contributed by atoms with E-state index in [4.69, 9.17) is 4.74 Å². The first kappa shape index (κ1) is 23.3. The number of hydrogen-bond donors (Lipinski definition) is 2. The SMILES string of the molecule is CCc1ccc(NC(=O)COc2ccc(N3C[C@H](C(=O)NCC(C)C)CC3=O)cc2)cc1. The van der Waals surface area contributed by atoms with Gasteiger partial charge >= 0.3 is 0 Å². The van der Waals surface area contributed by atoms with Gasteiger partial charge in [-0.3, -0.25) is 14.4 Å². The van der Waals surface area contributed by atoms with E-state index in [1.807, 2.05) is 38.1 Å². The molecule has 0 spiro atoms. The van der Waals surface area contributed by atoms with Crippen LogP contribution in [0.25, 0.3) is 0 Å². The highest BCUT2D eigenvalue weighted by molar-refractivity contribution is 6.00. The number of anilines is 2. The van der Waals surface area contributed by atoms with Crippen molar-refractivity contribution < 1.29 is 19.1 Å². The Bertz CT molecular complexity index is 939. The topological polar surface area (TPSA) is 87.7 Å². The molecule has 1 fully saturated rings. The second kappa shape index (κ2) is 10.8. The van der Waals surface area contributed by atoms with Crippen LogP contribution < -0.4 is 20.3 Å². The van der Waals surface area contributed by atoms with Crippen molar-refractivity contribution >= 4 is 29.1 Å². The highest BCUT2D eigenvalue weighted by Gasteiger charge is 2.35. The smallest absolute Gasteiger partial charge is 0.262 e. The number of nitrogens with one attached hydrogen (secondary N) is 2. The lowest BCUT2D eigenvalue weighted by Gasteiger charge is -2.17. The van der Waals surface area contributed by atoms with Crippen molar-refractivity contribution in [3.8, 4) is 5.75 Å². The number of hydrogen-bond acceptors (Lipinski definition) is 4. The van der Waals surface area contributed by atoms with E-state index < -0.39 is 0 Å². The molecule has 0 unspecified atom stereocenters. The van der Waals surface area contributed by atoms with Crippen molar-refractivity contribution in [1.29, 1.82) is 0 Å². The van der Waals surface area contributed by atoms with Crippen LogP contribution in [0.3, 0.4) is 0 Å². The molecule has 3 amide bonds. The normalized spacial score (nSPS) is 15.7. The molecule has 7 heteroatoms. The minimum Gasteiger partial charge on any atom is -0.484 e. The summed E-state index contributed by atoms with van der Waals surface area (Å²) in [7, 11) is 0. The maximum atomic E-state index is 12.4. The Kier molecular flexibility index (Phi) is 7.87. The third-order valence-corrected chi connectivity index (χ3v) is 5.34. The minimum atomic E-state index is -0.340. The number of ether oxygens (including phenoxy) is 1. The average molecular weight is 438 g/mol. The van der Waals surface area contributed by atoms with Gasteiger partial charge in [-0.25, -0.2) is 0 Å². The predicted molar refractivity (Wildman–Crippen MR) is 125 cm³/mol. The number of nitrogens with zero attached hydrogens (tertiary/aromatic N) is 1. The fourth-order valence-electron chi connectivity index (χ4n) is 3.47. The second-order valence-electron chi connectivity index (χ2n) is 8.43. The molecular formula is C25H31N3O4. The van der Waals surface area contributed by atoms with Gasteiger partial charge in [0.1, 0.15) is 5.75 Å². The molecule has 0 bridgehead atoms. The van der Waals surface area contributed by atoms with Crippen LogP contribution in [0.15, 0.2) is 48.5 Å². The largest absolute Gasteiger partial charge is 0.484 e. The van der Waals surface area contributed by atoms with Crippen molar-refractivity contribution in [3.63, 3.8) is 0 Å². The fourth-order valence-corrected chi connectivity index (χ4v) is 3.47. The van der Waals surface area contributed by atoms with Gasteiger partial charge in [-0.2, -0.15) is 0 Å². The maximum absolute atomic E-state index is 12.4. The Labute approximate surface area is 189 Å². The molecule has 32 heavy (non-hydrogen) atoms. The number of benzene rings is 2. The van der Waals surface area contributed by atoms with Crippen molar-refractivity contribution in [1.82, 2.24) is 5.32 Å². The summed E-state index contributed by atoms with van der Waals surface area (Å²) in [5, 5.41) is 5.70. The zero-order valence-corrected chi connectivity index (χ0v) is 18.9. The van der Waals surface area contributed by atoms with E-state index >= 15 is 0 Å². The first-order valence-corrected chi connectivity index (χ1v) is 11.1. The number of carbonyl (C=O) groups excluding carboxylic acids is 3. The minimum absolute atomic E-state index is 0.0724. The summed E-state index contributed by atoms with van der Waals surface area (Å²) in [5.41, 5.74) is 2.64. The number of amides is 3. The van der Waals surface area contributed by atoms with Gasteiger partial charge in [0.05, 0.1) is 5.92 Å². The lowest BCUT2D eigenvalue weighted by Crippen LogP contribution is -2.35. The van der Waals surface area contributed by atoms with Crippen LogP contribution in [0.4, 0.5) is 11.4 Å². The van der Waals surface area contributed by atoms with Gasteiger partial charge in [-0.1, -0.05) is 32.9 Å². The quantitative estimate of drug-likeness (QED) is 0.630. The van der Waals surface area contributed by atoms with Crippen molar-refractivity contribution in [2.24, 2.45) is 11.8 Å². The van der Waals surface area contributed by atoms with E-state index in [9.17, 15) is 14.4 Å². The van der Waals surface area contributed by atoms with E-state index in [-0.39, 0.29) is 36.7 Å². The molecule has 170 valence electrons. The first-order chi connectivity index (χ1) is 15.4. The van der Waals surface area contributed by atoms with Crippen LogP contribution in [0.2, 0.25) is 0 Å². The van der Waals surface area contributed by atoms with Gasteiger partial charge in [-0.15, -0.1) is 0 Å². The molecule has 3 rings (SSSR count). The highest BCUT2D eigenvalue weighted by Crippen LogP contribution is 2.27. The molecule has 7 nitrogen and oxygen atoms in total. The van der Waals surface area contributed by atoms with Crippen molar-refractivity contribution in [2.75, 3.05) is 29.9 Å². The molecule has 1 heterocycles. The lowest BCUT2D eigenvalue weighted by atomic mass is 10.1. The first-order valence-electron chi connectivity index (χ1n) is 11.1. The molecule has 0 saturated carbocycles. The summed E-state index contributed by atoms with van der Waals surface area (Å²) >= 11 is 0. The molecule has 1 aliphatic rings. The highest BCUT2D eigenvalue weighted by atomic mass is 16.5. The molecule has 1 atom stereocenters. The molecule has 0 aromatic heterocycles. The molecule has 2 N–H and O–H groups in total. The number of rotatable bonds is 9. The number of carbonyl (C=O) groups is 3. The average Bonchev–Trinajstić information content (AvgIpc) is 3.18. The summed E-state index contributed by atoms with van der Waals surface area (Å²) in [6.45, 7) is 6.99. The third-order valence-electron chi connectivity index (χ3n) is 5.34. The summed E-state index contributed by atoms with van der Waals surface area (Å²) in [6, 6.07) is 14.7. The molecule has 2 aromatic rings. The van der Waals surface area contributed by atoms with Crippen molar-refractivity contribution in [2.45, 2.75) is 33.6 Å². The van der Waals surface area contributed by atoms with E-state index in [1.54, 1.807) is 29.2 Å². The van der Waals surface area contributed by atoms with Gasteiger partial charge in [0.15, 0.2) is 6.61 Å². The van der Waals surface area contributed by atoms with Gasteiger partial charge in [0, 0.05) is 30.9 Å². The maximum Gasteiger partial charge on any atom is 0.262 e. The van der Waals surface area contributed by atoms with E-state index in [2.05, 4.69) is 17.6 Å². The van der Waals surface area contributed by atoms with E-state index in [0.29, 0.717) is 30.4 Å². The second-order valence-corrected chi connectivity index (χ2v) is 8.43. The molecular weight excluding hydrogens is 406 g/mol. The zero-order valence-electron chi connectivity index (χ0n) is 18.9. The van der Waals surface area contributed by atoms with Crippen LogP contribution in [0.5, 0.6) is 5.75 Å². The van der Waals surface area contributed by atoms with E-state index in [1.165, 1.54) is 5.56 Å². The lowest BCUT2D eigenvalue weighted by molar-refractivity contribution is -0.126. The Hall–Kier alpha value is -3.35. The predicted octanol–water partition coefficient (Wildman–Crippen LogP) is 3.39. The molecule has 0 radical (unpaired) electrons. The van der Waals surface area contributed by atoms with Crippen LogP contribution >= 0.6 is 0 Å². The standard InChI is InChI=1S/C25H31N3O4/c1-4-18-5-7-20(8-6-18)27-23(29)16-32-22-11-9-21(10-12-22)28-15-19(13-24(28)30)25(31)26-14-17(2)3/h5-12,17,19H,4,13-16H2,1-3H3,(H,26,31)(H,27,29)/t19-/m1/s1. The Morgan fingerprint density at radius 3 is 2.41 bits per heavy atom. The third kappa shape index (κ3) is 6.33. The summed E-state index contributed by atoms with van der Waals surface area (Å²) < 4.78 is 5.56. The van der Waals surface area contributed by atoms with Crippen LogP contribution in [0, 0.1) is 11.8 Å². The summed E-state index contributed by atoms with van der Waals surface area (Å²) in [5.74, 6) is 0.156. The monoisotopic (exact) mass is 437 g/mol. The molecule has 1 saturated heterocycles. The summed E-state index contributed by atoms with van der Waals surface area (Å²) in [4.78, 5) is 38.4. The molecule has 2 aromatic carbocycles. The van der Waals surface area contributed by atoms with Crippen LogP contribution in [-0.2, 0) is 20.8 Å². The van der Waals surface area contributed by atoms with Crippen LogP contribution in [-0.4, -0.2) is 37.4 Å². The van der Waals surface area contributed by atoms with E-state index in [0.717, 1.165) is 12.1 Å². The zero-order chi connectivity index (χ0) is 23.1. The Morgan fingerprint density at radius 1 is 1.09 bits per heavy atom. The van der Waals surface area contributed by atoms with Gasteiger partial charge < -0.3 is 20.3 Å².